The molecule has 1 aliphatic rings. The highest BCUT2D eigenvalue weighted by atomic mass is 16.2. The van der Waals surface area contributed by atoms with Crippen molar-refractivity contribution in [3.63, 3.8) is 0 Å². The number of aryl methyl sites for hydroxylation is 2. The fraction of sp³-hybridized carbons (Fsp3) is 0.333. The molecule has 1 saturated heterocycles. The van der Waals surface area contributed by atoms with Crippen molar-refractivity contribution in [3.8, 4) is 0 Å². The van der Waals surface area contributed by atoms with Crippen molar-refractivity contribution >= 4 is 28.4 Å². The van der Waals surface area contributed by atoms with Gasteiger partial charge in [-0.2, -0.15) is 0 Å². The average molecular weight is 389 g/mol. The maximum atomic E-state index is 12.6. The first kappa shape index (κ1) is 19.2. The summed E-state index contributed by atoms with van der Waals surface area (Å²) < 4.78 is 0. The minimum Gasteiger partial charge on any atom is -0.361 e. The summed E-state index contributed by atoms with van der Waals surface area (Å²) in [6.45, 7) is 5.20. The Morgan fingerprint density at radius 1 is 1.21 bits per heavy atom. The molecule has 0 spiro atoms. The number of fused-ring (bicyclic) bond motifs is 1. The lowest BCUT2D eigenvalue weighted by molar-refractivity contribution is -0.126. The lowest BCUT2D eigenvalue weighted by Gasteiger charge is -2.17. The number of aromatic amines is 1. The predicted octanol–water partition coefficient (Wildman–Crippen LogP) is 3.75. The Balaban J connectivity index is 1.34. The topological polar surface area (TPSA) is 65.2 Å². The quantitative estimate of drug-likeness (QED) is 0.674. The molecule has 3 aromatic rings. The predicted molar refractivity (Wildman–Crippen MR) is 116 cm³/mol. The van der Waals surface area contributed by atoms with Gasteiger partial charge in [0, 0.05) is 42.3 Å². The summed E-state index contributed by atoms with van der Waals surface area (Å²) in [4.78, 5) is 30.1. The van der Waals surface area contributed by atoms with Gasteiger partial charge < -0.3 is 15.2 Å². The Kier molecular flexibility index (Phi) is 5.38. The molecule has 5 nitrogen and oxygen atoms in total. The van der Waals surface area contributed by atoms with Gasteiger partial charge in [-0.25, -0.2) is 0 Å². The van der Waals surface area contributed by atoms with Crippen LogP contribution in [0.25, 0.3) is 10.9 Å². The van der Waals surface area contributed by atoms with Gasteiger partial charge in [0.2, 0.25) is 11.8 Å². The first-order valence-electron chi connectivity index (χ1n) is 10.3. The molecule has 0 radical (unpaired) electrons. The van der Waals surface area contributed by atoms with Crippen molar-refractivity contribution in [2.75, 3.05) is 18.0 Å². The number of carbonyl (C=O) groups is 2. The SMILES string of the molecule is CCc1ccc(N2CC(C(=O)NCCc3c[nH]c4ccc(C)cc34)CC2=O)cc1. The van der Waals surface area contributed by atoms with E-state index in [0.717, 1.165) is 24.0 Å². The molecule has 2 amide bonds. The zero-order valence-electron chi connectivity index (χ0n) is 17.0. The highest BCUT2D eigenvalue weighted by Gasteiger charge is 2.34. The van der Waals surface area contributed by atoms with Gasteiger partial charge in [-0.05, 0) is 55.2 Å². The molecule has 2 N–H and O–H groups in total. The molecule has 0 bridgehead atoms. The number of nitrogens with one attached hydrogen (secondary N) is 2. The number of hydrogen-bond donors (Lipinski definition) is 2. The van der Waals surface area contributed by atoms with E-state index in [-0.39, 0.29) is 24.2 Å². The number of anilines is 1. The molecule has 4 rings (SSSR count). The molecule has 0 saturated carbocycles. The Bertz CT molecular complexity index is 1040. The second-order valence-electron chi connectivity index (χ2n) is 7.83. The third kappa shape index (κ3) is 4.04. The fourth-order valence-corrected chi connectivity index (χ4v) is 4.01. The Morgan fingerprint density at radius 3 is 2.76 bits per heavy atom. The smallest absolute Gasteiger partial charge is 0.227 e. The van der Waals surface area contributed by atoms with Gasteiger partial charge in [0.15, 0.2) is 0 Å². The Labute approximate surface area is 171 Å². The molecule has 150 valence electrons. The van der Waals surface area contributed by atoms with E-state index in [1.165, 1.54) is 22.1 Å². The largest absolute Gasteiger partial charge is 0.361 e. The molecule has 29 heavy (non-hydrogen) atoms. The number of rotatable bonds is 6. The first-order valence-corrected chi connectivity index (χ1v) is 10.3. The van der Waals surface area contributed by atoms with E-state index in [9.17, 15) is 9.59 Å². The van der Waals surface area contributed by atoms with Crippen LogP contribution < -0.4 is 10.2 Å². The molecular formula is C24H27N3O2. The van der Waals surface area contributed by atoms with Crippen LogP contribution in [0.2, 0.25) is 0 Å². The van der Waals surface area contributed by atoms with Crippen molar-refractivity contribution in [2.24, 2.45) is 5.92 Å². The second-order valence-corrected chi connectivity index (χ2v) is 7.83. The van der Waals surface area contributed by atoms with Crippen LogP contribution in [0.15, 0.2) is 48.7 Å². The Hall–Kier alpha value is -3.08. The second kappa shape index (κ2) is 8.11. The van der Waals surface area contributed by atoms with Crippen LogP contribution in [0.3, 0.4) is 0 Å². The van der Waals surface area contributed by atoms with Crippen molar-refractivity contribution < 1.29 is 9.59 Å². The van der Waals surface area contributed by atoms with E-state index >= 15 is 0 Å². The molecule has 1 unspecified atom stereocenters. The third-order valence-electron chi connectivity index (χ3n) is 5.77. The Morgan fingerprint density at radius 2 is 2.00 bits per heavy atom. The average Bonchev–Trinajstić information content (AvgIpc) is 3.31. The maximum Gasteiger partial charge on any atom is 0.227 e. The number of benzene rings is 2. The normalized spacial score (nSPS) is 16.6. The maximum absolute atomic E-state index is 12.6. The van der Waals surface area contributed by atoms with E-state index in [4.69, 9.17) is 0 Å². The molecule has 1 atom stereocenters. The summed E-state index contributed by atoms with van der Waals surface area (Å²) in [6.07, 6.45) is 4.01. The number of aromatic nitrogens is 1. The zero-order valence-corrected chi connectivity index (χ0v) is 17.0. The third-order valence-corrected chi connectivity index (χ3v) is 5.77. The van der Waals surface area contributed by atoms with Crippen LogP contribution >= 0.6 is 0 Å². The summed E-state index contributed by atoms with van der Waals surface area (Å²) in [7, 11) is 0. The van der Waals surface area contributed by atoms with E-state index in [0.29, 0.717) is 13.1 Å². The molecule has 1 aliphatic heterocycles. The summed E-state index contributed by atoms with van der Waals surface area (Å²) in [5, 5.41) is 4.23. The van der Waals surface area contributed by atoms with E-state index in [2.05, 4.69) is 42.3 Å². The van der Waals surface area contributed by atoms with Gasteiger partial charge >= 0.3 is 0 Å². The van der Waals surface area contributed by atoms with E-state index in [1.807, 2.05) is 30.5 Å². The lowest BCUT2D eigenvalue weighted by atomic mass is 10.1. The molecule has 1 aromatic heterocycles. The van der Waals surface area contributed by atoms with Gasteiger partial charge in [-0.15, -0.1) is 0 Å². The number of H-pyrrole nitrogens is 1. The summed E-state index contributed by atoms with van der Waals surface area (Å²) in [6, 6.07) is 14.4. The summed E-state index contributed by atoms with van der Waals surface area (Å²) in [5.41, 5.74) is 5.64. The van der Waals surface area contributed by atoms with Crippen molar-refractivity contribution in [1.29, 1.82) is 0 Å². The van der Waals surface area contributed by atoms with Gasteiger partial charge in [0.1, 0.15) is 0 Å². The molecule has 2 aromatic carbocycles. The number of amides is 2. The standard InChI is InChI=1S/C24H27N3O2/c1-3-17-5-7-20(8-6-17)27-15-19(13-23(27)28)24(29)25-11-10-18-14-26-22-9-4-16(2)12-21(18)22/h4-9,12,14,19,26H,3,10-11,13,15H2,1-2H3,(H,25,29). The van der Waals surface area contributed by atoms with Crippen LogP contribution in [0.4, 0.5) is 5.69 Å². The minimum atomic E-state index is -0.293. The fourth-order valence-electron chi connectivity index (χ4n) is 4.01. The van der Waals surface area contributed by atoms with Crippen molar-refractivity contribution in [3.05, 3.63) is 65.4 Å². The van der Waals surface area contributed by atoms with Crippen LogP contribution in [0.5, 0.6) is 0 Å². The minimum absolute atomic E-state index is 0.0153. The molecular weight excluding hydrogens is 362 g/mol. The van der Waals surface area contributed by atoms with E-state index in [1.54, 1.807) is 4.90 Å². The lowest BCUT2D eigenvalue weighted by Crippen LogP contribution is -2.34. The van der Waals surface area contributed by atoms with E-state index < -0.39 is 0 Å². The number of carbonyl (C=O) groups excluding carboxylic acids is 2. The van der Waals surface area contributed by atoms with Crippen LogP contribution in [0, 0.1) is 12.8 Å². The van der Waals surface area contributed by atoms with Crippen molar-refractivity contribution in [1.82, 2.24) is 10.3 Å². The van der Waals surface area contributed by atoms with Crippen LogP contribution in [0.1, 0.15) is 30.0 Å². The highest BCUT2D eigenvalue weighted by Crippen LogP contribution is 2.26. The molecule has 5 heteroatoms. The number of nitrogens with zero attached hydrogens (tertiary/aromatic N) is 1. The monoisotopic (exact) mass is 389 g/mol. The van der Waals surface area contributed by atoms with Crippen molar-refractivity contribution in [2.45, 2.75) is 33.1 Å². The van der Waals surface area contributed by atoms with Crippen LogP contribution in [-0.4, -0.2) is 29.9 Å². The van der Waals surface area contributed by atoms with Crippen LogP contribution in [-0.2, 0) is 22.4 Å². The summed E-state index contributed by atoms with van der Waals surface area (Å²) in [5.74, 6) is -0.317. The van der Waals surface area contributed by atoms with Gasteiger partial charge in [-0.3, -0.25) is 9.59 Å². The number of hydrogen-bond acceptors (Lipinski definition) is 2. The zero-order chi connectivity index (χ0) is 20.4. The van der Waals surface area contributed by atoms with Gasteiger partial charge in [0.05, 0.1) is 5.92 Å². The van der Waals surface area contributed by atoms with Gasteiger partial charge in [-0.1, -0.05) is 30.7 Å². The highest BCUT2D eigenvalue weighted by molar-refractivity contribution is 6.00. The first-order chi connectivity index (χ1) is 14.0. The molecule has 2 heterocycles. The summed E-state index contributed by atoms with van der Waals surface area (Å²) >= 11 is 0. The molecule has 1 fully saturated rings. The molecule has 0 aliphatic carbocycles. The van der Waals surface area contributed by atoms with Gasteiger partial charge in [0.25, 0.3) is 0 Å².